The lowest BCUT2D eigenvalue weighted by molar-refractivity contribution is -0.137. The molecular formula is C8H11F3N4S. The second kappa shape index (κ2) is 4.64. The van der Waals surface area contributed by atoms with E-state index < -0.39 is 11.2 Å². The summed E-state index contributed by atoms with van der Waals surface area (Å²) in [6.45, 7) is 3.75. The molecule has 0 aromatic carbocycles. The zero-order chi connectivity index (χ0) is 11.6. The average molecular weight is 252 g/mol. The van der Waals surface area contributed by atoms with Crippen LogP contribution < -0.4 is 5.32 Å². The number of piperazine rings is 1. The fourth-order valence-electron chi connectivity index (χ4n) is 1.50. The number of alkyl halides is 3. The first-order valence-corrected chi connectivity index (χ1v) is 5.66. The van der Waals surface area contributed by atoms with Crippen molar-refractivity contribution in [3.05, 3.63) is 10.8 Å². The molecule has 16 heavy (non-hydrogen) atoms. The molecule has 1 fully saturated rings. The van der Waals surface area contributed by atoms with E-state index in [0.29, 0.717) is 18.1 Å². The Morgan fingerprint density at radius 2 is 2.00 bits per heavy atom. The SMILES string of the molecule is FC(F)(F)c1nc(CN2CCNCC2)ns1. The van der Waals surface area contributed by atoms with E-state index in [1.165, 1.54) is 0 Å². The van der Waals surface area contributed by atoms with Crippen molar-refractivity contribution in [2.75, 3.05) is 26.2 Å². The molecule has 0 spiro atoms. The van der Waals surface area contributed by atoms with Gasteiger partial charge in [0.1, 0.15) is 0 Å². The standard InChI is InChI=1S/C8H11F3N4S/c9-8(10,11)7-13-6(14-16-7)5-15-3-1-12-2-4-15/h12H,1-5H2. The third kappa shape index (κ3) is 2.89. The zero-order valence-electron chi connectivity index (χ0n) is 8.42. The molecule has 0 unspecified atom stereocenters. The lowest BCUT2D eigenvalue weighted by atomic mass is 10.3. The molecule has 0 amide bonds. The summed E-state index contributed by atoms with van der Waals surface area (Å²) in [6.07, 6.45) is -4.38. The van der Waals surface area contributed by atoms with E-state index in [1.54, 1.807) is 0 Å². The van der Waals surface area contributed by atoms with Crippen LogP contribution in [-0.4, -0.2) is 40.4 Å². The van der Waals surface area contributed by atoms with Crippen LogP contribution in [0.4, 0.5) is 13.2 Å². The van der Waals surface area contributed by atoms with Crippen molar-refractivity contribution in [3.8, 4) is 0 Å². The highest BCUT2D eigenvalue weighted by molar-refractivity contribution is 7.05. The molecule has 0 saturated carbocycles. The zero-order valence-corrected chi connectivity index (χ0v) is 9.24. The van der Waals surface area contributed by atoms with Gasteiger partial charge in [-0.05, 0) is 11.5 Å². The molecule has 4 nitrogen and oxygen atoms in total. The maximum absolute atomic E-state index is 12.3. The second-order valence-corrected chi connectivity index (χ2v) is 4.29. The highest BCUT2D eigenvalue weighted by atomic mass is 32.1. The fourth-order valence-corrected chi connectivity index (χ4v) is 2.04. The number of hydrogen-bond donors (Lipinski definition) is 1. The van der Waals surface area contributed by atoms with Crippen molar-refractivity contribution in [2.45, 2.75) is 12.7 Å². The van der Waals surface area contributed by atoms with Gasteiger partial charge in [-0.25, -0.2) is 4.98 Å². The molecule has 8 heteroatoms. The topological polar surface area (TPSA) is 41.1 Å². The Labute approximate surface area is 94.6 Å². The van der Waals surface area contributed by atoms with Crippen LogP contribution in [0, 0.1) is 0 Å². The van der Waals surface area contributed by atoms with Gasteiger partial charge >= 0.3 is 6.18 Å². The third-order valence-corrected chi connectivity index (χ3v) is 3.08. The molecule has 0 bridgehead atoms. The van der Waals surface area contributed by atoms with Crippen LogP contribution >= 0.6 is 11.5 Å². The summed E-state index contributed by atoms with van der Waals surface area (Å²) < 4.78 is 40.5. The van der Waals surface area contributed by atoms with E-state index >= 15 is 0 Å². The predicted octanol–water partition coefficient (Wildman–Crippen LogP) is 0.962. The Hall–Kier alpha value is -0.730. The largest absolute Gasteiger partial charge is 0.444 e. The molecule has 2 rings (SSSR count). The van der Waals surface area contributed by atoms with Crippen molar-refractivity contribution in [2.24, 2.45) is 0 Å². The van der Waals surface area contributed by atoms with Crippen LogP contribution in [0.15, 0.2) is 0 Å². The minimum absolute atomic E-state index is 0.263. The number of nitrogens with zero attached hydrogens (tertiary/aromatic N) is 3. The van der Waals surface area contributed by atoms with E-state index in [-0.39, 0.29) is 5.82 Å². The summed E-state index contributed by atoms with van der Waals surface area (Å²) in [5.74, 6) is 0.263. The minimum Gasteiger partial charge on any atom is -0.314 e. The van der Waals surface area contributed by atoms with Gasteiger partial charge in [0.25, 0.3) is 0 Å². The molecule has 90 valence electrons. The maximum atomic E-state index is 12.3. The summed E-state index contributed by atoms with van der Waals surface area (Å²) in [5.41, 5.74) is 0. The Morgan fingerprint density at radius 3 is 2.56 bits per heavy atom. The molecule has 2 heterocycles. The van der Waals surface area contributed by atoms with Crippen molar-refractivity contribution in [1.29, 1.82) is 0 Å². The first kappa shape index (κ1) is 11.7. The Balaban J connectivity index is 1.97. The predicted molar refractivity (Wildman–Crippen MR) is 53.1 cm³/mol. The van der Waals surface area contributed by atoms with Gasteiger partial charge in [0.05, 0.1) is 6.54 Å². The van der Waals surface area contributed by atoms with Gasteiger partial charge in [-0.1, -0.05) is 0 Å². The molecule has 1 aromatic heterocycles. The Bertz CT molecular complexity index is 345. The number of rotatable bonds is 2. The van der Waals surface area contributed by atoms with Gasteiger partial charge < -0.3 is 5.32 Å². The molecule has 1 saturated heterocycles. The van der Waals surface area contributed by atoms with Gasteiger partial charge in [-0.3, -0.25) is 4.90 Å². The summed E-state index contributed by atoms with van der Waals surface area (Å²) in [5, 5.41) is 2.31. The smallest absolute Gasteiger partial charge is 0.314 e. The highest BCUT2D eigenvalue weighted by Gasteiger charge is 2.35. The van der Waals surface area contributed by atoms with E-state index in [1.807, 2.05) is 4.90 Å². The average Bonchev–Trinajstić information content (AvgIpc) is 2.67. The van der Waals surface area contributed by atoms with Gasteiger partial charge in [0.2, 0.25) is 5.01 Å². The van der Waals surface area contributed by atoms with Crippen molar-refractivity contribution in [3.63, 3.8) is 0 Å². The lowest BCUT2D eigenvalue weighted by Crippen LogP contribution is -2.43. The molecule has 1 N–H and O–H groups in total. The molecule has 0 radical (unpaired) electrons. The highest BCUT2D eigenvalue weighted by Crippen LogP contribution is 2.30. The van der Waals surface area contributed by atoms with Crippen LogP contribution in [0.25, 0.3) is 0 Å². The van der Waals surface area contributed by atoms with Crippen LogP contribution in [0.5, 0.6) is 0 Å². The molecule has 0 atom stereocenters. The summed E-state index contributed by atoms with van der Waals surface area (Å²) in [4.78, 5) is 5.54. The van der Waals surface area contributed by atoms with E-state index in [4.69, 9.17) is 0 Å². The van der Waals surface area contributed by atoms with Crippen molar-refractivity contribution >= 4 is 11.5 Å². The monoisotopic (exact) mass is 252 g/mol. The van der Waals surface area contributed by atoms with Gasteiger partial charge in [-0.2, -0.15) is 17.5 Å². The lowest BCUT2D eigenvalue weighted by Gasteiger charge is -2.25. The Morgan fingerprint density at radius 1 is 1.31 bits per heavy atom. The molecule has 0 aliphatic carbocycles. The first-order chi connectivity index (χ1) is 7.55. The summed E-state index contributed by atoms with van der Waals surface area (Å²) >= 11 is 0.417. The quantitative estimate of drug-likeness (QED) is 0.851. The normalized spacial score (nSPS) is 18.9. The van der Waals surface area contributed by atoms with Crippen LogP contribution in [0.1, 0.15) is 10.8 Å². The fraction of sp³-hybridized carbons (Fsp3) is 0.750. The third-order valence-electron chi connectivity index (χ3n) is 2.29. The van der Waals surface area contributed by atoms with Crippen LogP contribution in [0.2, 0.25) is 0 Å². The summed E-state index contributed by atoms with van der Waals surface area (Å²) in [7, 11) is 0. The first-order valence-electron chi connectivity index (χ1n) is 4.88. The van der Waals surface area contributed by atoms with Crippen molar-refractivity contribution in [1.82, 2.24) is 19.6 Å². The molecule has 1 aliphatic rings. The van der Waals surface area contributed by atoms with Gasteiger partial charge in [0, 0.05) is 26.2 Å². The maximum Gasteiger partial charge on any atom is 0.444 e. The van der Waals surface area contributed by atoms with Gasteiger partial charge in [0.15, 0.2) is 5.82 Å². The summed E-state index contributed by atoms with van der Waals surface area (Å²) in [6, 6.07) is 0. The molecule has 1 aliphatic heterocycles. The second-order valence-electron chi connectivity index (χ2n) is 3.54. The van der Waals surface area contributed by atoms with E-state index in [0.717, 1.165) is 26.2 Å². The van der Waals surface area contributed by atoms with Crippen LogP contribution in [0.3, 0.4) is 0 Å². The van der Waals surface area contributed by atoms with E-state index in [9.17, 15) is 13.2 Å². The van der Waals surface area contributed by atoms with Crippen LogP contribution in [-0.2, 0) is 12.7 Å². The molecular weight excluding hydrogens is 241 g/mol. The Kier molecular flexibility index (Phi) is 3.41. The molecule has 1 aromatic rings. The minimum atomic E-state index is -4.38. The van der Waals surface area contributed by atoms with E-state index in [2.05, 4.69) is 14.7 Å². The number of hydrogen-bond acceptors (Lipinski definition) is 5. The van der Waals surface area contributed by atoms with Crippen molar-refractivity contribution < 1.29 is 13.2 Å². The van der Waals surface area contributed by atoms with Gasteiger partial charge in [-0.15, -0.1) is 0 Å². The number of nitrogens with one attached hydrogen (secondary N) is 1. The number of aromatic nitrogens is 2. The number of halogens is 3.